The zero-order valence-electron chi connectivity index (χ0n) is 15.1. The molecule has 0 aliphatic carbocycles. The molecule has 0 aromatic carbocycles. The number of hydrogen-bond donors (Lipinski definition) is 1. The van der Waals surface area contributed by atoms with Gasteiger partial charge in [0.15, 0.2) is 0 Å². The molecular formula is C20H34O2. The minimum Gasteiger partial charge on any atom is -0.392 e. The van der Waals surface area contributed by atoms with E-state index in [0.29, 0.717) is 6.10 Å². The summed E-state index contributed by atoms with van der Waals surface area (Å²) in [6.45, 7) is 11.0. The van der Waals surface area contributed by atoms with Crippen molar-refractivity contribution < 1.29 is 9.84 Å². The molecule has 1 aliphatic heterocycles. The number of epoxide rings is 1. The van der Waals surface area contributed by atoms with Crippen molar-refractivity contribution in [2.45, 2.75) is 84.8 Å². The van der Waals surface area contributed by atoms with Crippen molar-refractivity contribution in [1.29, 1.82) is 0 Å². The third kappa shape index (κ3) is 7.95. The van der Waals surface area contributed by atoms with Crippen molar-refractivity contribution in [3.63, 3.8) is 0 Å². The third-order valence-electron chi connectivity index (χ3n) is 4.47. The summed E-state index contributed by atoms with van der Waals surface area (Å²) in [5, 5.41) is 8.82. The van der Waals surface area contributed by atoms with Crippen LogP contribution >= 0.6 is 0 Å². The maximum Gasteiger partial charge on any atom is 0.0892 e. The van der Waals surface area contributed by atoms with Crippen molar-refractivity contribution in [3.8, 4) is 0 Å². The highest BCUT2D eigenvalue weighted by atomic mass is 16.6. The van der Waals surface area contributed by atoms with Gasteiger partial charge in [0.2, 0.25) is 0 Å². The summed E-state index contributed by atoms with van der Waals surface area (Å²) in [5.74, 6) is 0. The van der Waals surface area contributed by atoms with E-state index in [2.05, 4.69) is 46.8 Å². The summed E-state index contributed by atoms with van der Waals surface area (Å²) in [7, 11) is 0. The van der Waals surface area contributed by atoms with E-state index in [9.17, 15) is 0 Å². The molecule has 126 valence electrons. The van der Waals surface area contributed by atoms with Crippen LogP contribution in [0.4, 0.5) is 0 Å². The summed E-state index contributed by atoms with van der Waals surface area (Å²) >= 11 is 0. The Hall–Kier alpha value is -0.860. The van der Waals surface area contributed by atoms with Gasteiger partial charge in [-0.2, -0.15) is 0 Å². The molecule has 22 heavy (non-hydrogen) atoms. The molecule has 1 aliphatic rings. The Bertz CT molecular complexity index is 427. The second-order valence-electron chi connectivity index (χ2n) is 7.16. The smallest absolute Gasteiger partial charge is 0.0892 e. The molecule has 2 heteroatoms. The zero-order valence-corrected chi connectivity index (χ0v) is 15.1. The van der Waals surface area contributed by atoms with E-state index >= 15 is 0 Å². The number of allylic oxidation sites excluding steroid dienone is 5. The molecular weight excluding hydrogens is 272 g/mol. The second kappa shape index (κ2) is 9.32. The number of rotatable bonds is 10. The number of aliphatic hydroxyl groups excluding tert-OH is 1. The predicted molar refractivity (Wildman–Crippen MR) is 95.0 cm³/mol. The summed E-state index contributed by atoms with van der Waals surface area (Å²) in [6.07, 6.45) is 13.8. The molecule has 1 atom stereocenters. The molecule has 2 nitrogen and oxygen atoms in total. The lowest BCUT2D eigenvalue weighted by Crippen LogP contribution is -2.02. The van der Waals surface area contributed by atoms with Gasteiger partial charge in [-0.05, 0) is 73.1 Å². The molecule has 0 bridgehead atoms. The molecule has 0 spiro atoms. The van der Waals surface area contributed by atoms with E-state index in [1.54, 1.807) is 0 Å². The molecule has 0 aromatic rings. The van der Waals surface area contributed by atoms with E-state index in [0.717, 1.165) is 38.5 Å². The first kappa shape index (κ1) is 19.2. The van der Waals surface area contributed by atoms with Crippen LogP contribution in [0.15, 0.2) is 34.9 Å². The van der Waals surface area contributed by atoms with Crippen LogP contribution in [0.25, 0.3) is 0 Å². The summed E-state index contributed by atoms with van der Waals surface area (Å²) in [6, 6.07) is 0. The molecule has 0 aromatic heterocycles. The Balaban J connectivity index is 2.16. The molecule has 1 N–H and O–H groups in total. The maximum atomic E-state index is 8.82. The molecule has 1 fully saturated rings. The van der Waals surface area contributed by atoms with Gasteiger partial charge < -0.3 is 9.84 Å². The predicted octanol–water partition coefficient (Wildman–Crippen LogP) is 5.34. The molecule has 0 unspecified atom stereocenters. The summed E-state index contributed by atoms with van der Waals surface area (Å²) in [4.78, 5) is 0. The minimum atomic E-state index is 0.127. The minimum absolute atomic E-state index is 0.127. The van der Waals surface area contributed by atoms with E-state index in [1.807, 2.05) is 6.08 Å². The van der Waals surface area contributed by atoms with Crippen molar-refractivity contribution in [2.24, 2.45) is 0 Å². The van der Waals surface area contributed by atoms with E-state index in [4.69, 9.17) is 9.84 Å². The van der Waals surface area contributed by atoms with Crippen LogP contribution in [-0.2, 0) is 4.74 Å². The number of ether oxygens (including phenoxy) is 1. The number of aliphatic hydroxyl groups is 1. The molecule has 1 heterocycles. The topological polar surface area (TPSA) is 32.8 Å². The van der Waals surface area contributed by atoms with E-state index in [1.165, 1.54) is 16.7 Å². The van der Waals surface area contributed by atoms with Crippen LogP contribution in [0, 0.1) is 0 Å². The Kier molecular flexibility index (Phi) is 8.13. The number of hydrogen-bond acceptors (Lipinski definition) is 2. The lowest BCUT2D eigenvalue weighted by molar-refractivity contribution is 0.320. The average molecular weight is 306 g/mol. The molecule has 0 radical (unpaired) electrons. The van der Waals surface area contributed by atoms with Crippen LogP contribution < -0.4 is 0 Å². The van der Waals surface area contributed by atoms with Crippen molar-refractivity contribution in [2.75, 3.05) is 6.61 Å². The first-order chi connectivity index (χ1) is 10.3. The van der Waals surface area contributed by atoms with Crippen molar-refractivity contribution in [1.82, 2.24) is 0 Å². The third-order valence-corrected chi connectivity index (χ3v) is 4.47. The first-order valence-electron chi connectivity index (χ1n) is 8.60. The average Bonchev–Trinajstić information content (AvgIpc) is 3.04. The quantitative estimate of drug-likeness (QED) is 0.437. The van der Waals surface area contributed by atoms with Crippen LogP contribution in [0.5, 0.6) is 0 Å². The van der Waals surface area contributed by atoms with Crippen LogP contribution in [0.2, 0.25) is 0 Å². The summed E-state index contributed by atoms with van der Waals surface area (Å²) < 4.78 is 5.62. The fourth-order valence-corrected chi connectivity index (χ4v) is 2.65. The Morgan fingerprint density at radius 3 is 1.82 bits per heavy atom. The standard InChI is InChI=1S/C20H34O2/c1-16(9-7-11-18(3)14-15-21)8-6-10-17(2)12-13-19-20(4,5)22-19/h9-10,14,19,21H,6-8,11-13,15H2,1-5H3/b16-9-,17-10+,18-14+/t19-/m1/s1. The van der Waals surface area contributed by atoms with Gasteiger partial charge in [-0.15, -0.1) is 0 Å². The van der Waals surface area contributed by atoms with Gasteiger partial charge in [0.05, 0.1) is 18.3 Å². The van der Waals surface area contributed by atoms with E-state index in [-0.39, 0.29) is 12.2 Å². The van der Waals surface area contributed by atoms with Gasteiger partial charge in [-0.3, -0.25) is 0 Å². The maximum absolute atomic E-state index is 8.82. The van der Waals surface area contributed by atoms with Gasteiger partial charge in [-0.1, -0.05) is 34.9 Å². The van der Waals surface area contributed by atoms with Crippen LogP contribution in [-0.4, -0.2) is 23.4 Å². The molecule has 0 amide bonds. The fourth-order valence-electron chi connectivity index (χ4n) is 2.65. The Labute approximate surface area is 137 Å². The fraction of sp³-hybridized carbons (Fsp3) is 0.700. The Morgan fingerprint density at radius 2 is 1.36 bits per heavy atom. The van der Waals surface area contributed by atoms with Crippen molar-refractivity contribution >= 4 is 0 Å². The van der Waals surface area contributed by atoms with Gasteiger partial charge in [0, 0.05) is 0 Å². The van der Waals surface area contributed by atoms with Gasteiger partial charge in [0.25, 0.3) is 0 Å². The molecule has 1 rings (SSSR count). The largest absolute Gasteiger partial charge is 0.392 e. The second-order valence-corrected chi connectivity index (χ2v) is 7.16. The highest BCUT2D eigenvalue weighted by Gasteiger charge is 2.46. The highest BCUT2D eigenvalue weighted by molar-refractivity contribution is 5.07. The lowest BCUT2D eigenvalue weighted by atomic mass is 10.0. The first-order valence-corrected chi connectivity index (χ1v) is 8.60. The molecule has 0 saturated carbocycles. The monoisotopic (exact) mass is 306 g/mol. The SMILES string of the molecule is C/C(=C/CC/C(C)=C/CO)CC/C=C(\C)CC[C@H]1OC1(C)C. The molecule has 1 saturated heterocycles. The van der Waals surface area contributed by atoms with Crippen molar-refractivity contribution in [3.05, 3.63) is 34.9 Å². The zero-order chi connectivity index (χ0) is 16.6. The normalized spacial score (nSPS) is 22.1. The highest BCUT2D eigenvalue weighted by Crippen LogP contribution is 2.38. The van der Waals surface area contributed by atoms with E-state index < -0.39 is 0 Å². The van der Waals surface area contributed by atoms with Gasteiger partial charge in [-0.25, -0.2) is 0 Å². The summed E-state index contributed by atoms with van der Waals surface area (Å²) in [5.41, 5.74) is 4.35. The van der Waals surface area contributed by atoms with Gasteiger partial charge in [0.1, 0.15) is 0 Å². The Morgan fingerprint density at radius 1 is 0.909 bits per heavy atom. The van der Waals surface area contributed by atoms with Crippen LogP contribution in [0.1, 0.15) is 73.1 Å². The van der Waals surface area contributed by atoms with Crippen LogP contribution in [0.3, 0.4) is 0 Å². The van der Waals surface area contributed by atoms with Gasteiger partial charge >= 0.3 is 0 Å². The lowest BCUT2D eigenvalue weighted by Gasteiger charge is -2.03.